The molecule has 0 N–H and O–H groups in total. The first kappa shape index (κ1) is 13.0. The van der Waals surface area contributed by atoms with Crippen LogP contribution in [0.25, 0.3) is 0 Å². The molecule has 0 heterocycles. The molecular weight excluding hydrogens is 184 g/mol. The van der Waals surface area contributed by atoms with Gasteiger partial charge in [-0.3, -0.25) is 0 Å². The monoisotopic (exact) mass is 204 g/mol. The van der Waals surface area contributed by atoms with Gasteiger partial charge in [-0.15, -0.1) is 11.6 Å². The van der Waals surface area contributed by atoms with Crippen LogP contribution in [-0.2, 0) is 4.74 Å². The molecule has 2 unspecified atom stereocenters. The third-order valence-corrected chi connectivity index (χ3v) is 3.19. The van der Waals surface area contributed by atoms with Crippen molar-refractivity contribution in [3.63, 3.8) is 0 Å². The molecule has 0 aliphatic carbocycles. The van der Waals surface area contributed by atoms with Crippen LogP contribution in [0.1, 0.15) is 33.6 Å². The molecule has 0 aromatic carbocycles. The summed E-state index contributed by atoms with van der Waals surface area (Å²) in [5, 5.41) is 0. The van der Waals surface area contributed by atoms with Crippen molar-refractivity contribution in [1.82, 2.24) is 0 Å². The Kier molecular flexibility index (Phi) is 5.66. The lowest BCUT2D eigenvalue weighted by molar-refractivity contribution is -0.0120. The molecule has 0 aliphatic rings. The number of hydrogen-bond acceptors (Lipinski definition) is 1. The largest absolute Gasteiger partial charge is 0.379 e. The summed E-state index contributed by atoms with van der Waals surface area (Å²) in [5.41, 5.74) is 1.06. The fraction of sp³-hybridized carbons (Fsp3) is 0.818. The van der Waals surface area contributed by atoms with Gasteiger partial charge >= 0.3 is 0 Å². The molecule has 1 nitrogen and oxygen atoms in total. The summed E-state index contributed by atoms with van der Waals surface area (Å²) in [6.45, 7) is 10.4. The molecule has 13 heavy (non-hydrogen) atoms. The molecule has 0 rings (SSSR count). The zero-order valence-electron chi connectivity index (χ0n) is 9.19. The fourth-order valence-electron chi connectivity index (χ4n) is 1.30. The van der Waals surface area contributed by atoms with E-state index in [4.69, 9.17) is 16.3 Å². The number of methoxy groups -OCH3 is 1. The van der Waals surface area contributed by atoms with Crippen LogP contribution < -0.4 is 0 Å². The molecule has 0 fully saturated rings. The summed E-state index contributed by atoms with van der Waals surface area (Å²) in [7, 11) is 1.76. The summed E-state index contributed by atoms with van der Waals surface area (Å²) in [4.78, 5) is 0. The van der Waals surface area contributed by atoms with Gasteiger partial charge in [0.1, 0.15) is 0 Å². The maximum absolute atomic E-state index is 5.72. The van der Waals surface area contributed by atoms with E-state index in [1.54, 1.807) is 7.11 Å². The first-order valence-electron chi connectivity index (χ1n) is 4.78. The summed E-state index contributed by atoms with van der Waals surface area (Å²) in [5.74, 6) is 0.979. The Hall–Kier alpha value is -0.0100. The second-order valence-corrected chi connectivity index (χ2v) is 4.17. The fourth-order valence-corrected chi connectivity index (χ4v) is 1.56. The third kappa shape index (κ3) is 4.15. The molecule has 2 heteroatoms. The quantitative estimate of drug-likeness (QED) is 0.474. The molecule has 0 radical (unpaired) electrons. The molecule has 0 saturated heterocycles. The van der Waals surface area contributed by atoms with Crippen molar-refractivity contribution in [1.29, 1.82) is 0 Å². The smallest absolute Gasteiger partial charge is 0.0653 e. The molecule has 0 aromatic rings. The molecule has 0 aromatic heterocycles. The average molecular weight is 205 g/mol. The first-order chi connectivity index (χ1) is 5.99. The maximum Gasteiger partial charge on any atom is 0.0653 e. The topological polar surface area (TPSA) is 9.23 Å². The number of ether oxygens (including phenoxy) is 1. The Morgan fingerprint density at radius 3 is 2.46 bits per heavy atom. The van der Waals surface area contributed by atoms with E-state index >= 15 is 0 Å². The highest BCUT2D eigenvalue weighted by Gasteiger charge is 2.24. The van der Waals surface area contributed by atoms with Gasteiger partial charge in [-0.1, -0.05) is 26.0 Å². The van der Waals surface area contributed by atoms with E-state index in [1.165, 1.54) is 0 Å². The summed E-state index contributed by atoms with van der Waals surface area (Å²) in [6.07, 6.45) is 2.01. The average Bonchev–Trinajstić information content (AvgIpc) is 2.16. The van der Waals surface area contributed by atoms with Crippen LogP contribution in [0.2, 0.25) is 0 Å². The number of alkyl halides is 1. The van der Waals surface area contributed by atoms with Crippen molar-refractivity contribution in [2.24, 2.45) is 5.92 Å². The van der Waals surface area contributed by atoms with E-state index in [0.717, 1.165) is 18.4 Å². The van der Waals surface area contributed by atoms with Gasteiger partial charge in [-0.25, -0.2) is 0 Å². The summed E-state index contributed by atoms with van der Waals surface area (Å²) >= 11 is 5.72. The van der Waals surface area contributed by atoms with E-state index in [1.807, 2.05) is 0 Å². The van der Waals surface area contributed by atoms with Crippen molar-refractivity contribution in [2.45, 2.75) is 39.2 Å². The Morgan fingerprint density at radius 1 is 1.62 bits per heavy atom. The number of rotatable bonds is 6. The second kappa shape index (κ2) is 5.66. The van der Waals surface area contributed by atoms with Gasteiger partial charge in [0.2, 0.25) is 0 Å². The van der Waals surface area contributed by atoms with Gasteiger partial charge in [-0.05, 0) is 25.7 Å². The zero-order valence-corrected chi connectivity index (χ0v) is 9.95. The number of halogens is 1. The van der Waals surface area contributed by atoms with Crippen LogP contribution in [0, 0.1) is 5.92 Å². The van der Waals surface area contributed by atoms with Crippen molar-refractivity contribution in [2.75, 3.05) is 13.0 Å². The van der Waals surface area contributed by atoms with Gasteiger partial charge < -0.3 is 4.74 Å². The van der Waals surface area contributed by atoms with Crippen molar-refractivity contribution < 1.29 is 4.74 Å². The standard InChI is InChI=1S/C11H21ClO/c1-6-11(4,13-5)7-9(2)10(3)8-12/h9H,3,6-8H2,1-2,4-5H3. The molecule has 0 aliphatic heterocycles. The lowest BCUT2D eigenvalue weighted by Crippen LogP contribution is -2.29. The van der Waals surface area contributed by atoms with Crippen LogP contribution in [0.5, 0.6) is 0 Å². The van der Waals surface area contributed by atoms with E-state index in [2.05, 4.69) is 27.4 Å². The minimum Gasteiger partial charge on any atom is -0.379 e. The zero-order chi connectivity index (χ0) is 10.5. The number of hydrogen-bond donors (Lipinski definition) is 0. The van der Waals surface area contributed by atoms with Gasteiger partial charge in [-0.2, -0.15) is 0 Å². The van der Waals surface area contributed by atoms with Gasteiger partial charge in [0.25, 0.3) is 0 Å². The lowest BCUT2D eigenvalue weighted by atomic mass is 9.87. The Bertz CT molecular complexity index is 161. The lowest BCUT2D eigenvalue weighted by Gasteiger charge is -2.30. The molecule has 78 valence electrons. The third-order valence-electron chi connectivity index (χ3n) is 2.85. The molecule has 0 saturated carbocycles. The minimum absolute atomic E-state index is 0.0333. The van der Waals surface area contributed by atoms with Crippen molar-refractivity contribution in [3.8, 4) is 0 Å². The maximum atomic E-state index is 5.72. The highest BCUT2D eigenvalue weighted by molar-refractivity contribution is 6.19. The van der Waals surface area contributed by atoms with Gasteiger partial charge in [0.15, 0.2) is 0 Å². The minimum atomic E-state index is -0.0333. The Balaban J connectivity index is 4.16. The van der Waals surface area contributed by atoms with E-state index in [0.29, 0.717) is 11.8 Å². The van der Waals surface area contributed by atoms with Crippen LogP contribution >= 0.6 is 11.6 Å². The highest BCUT2D eigenvalue weighted by atomic mass is 35.5. The van der Waals surface area contributed by atoms with Crippen LogP contribution in [0.15, 0.2) is 12.2 Å². The summed E-state index contributed by atoms with van der Waals surface area (Å²) < 4.78 is 5.47. The molecule has 0 amide bonds. The van der Waals surface area contributed by atoms with Crippen LogP contribution in [-0.4, -0.2) is 18.6 Å². The molecule has 0 bridgehead atoms. The highest BCUT2D eigenvalue weighted by Crippen LogP contribution is 2.27. The summed E-state index contributed by atoms with van der Waals surface area (Å²) in [6, 6.07) is 0. The van der Waals surface area contributed by atoms with E-state index in [-0.39, 0.29) is 5.60 Å². The van der Waals surface area contributed by atoms with Crippen molar-refractivity contribution in [3.05, 3.63) is 12.2 Å². The molecule has 2 atom stereocenters. The normalized spacial score (nSPS) is 17.9. The van der Waals surface area contributed by atoms with Crippen molar-refractivity contribution >= 4 is 11.6 Å². The van der Waals surface area contributed by atoms with Gasteiger partial charge in [0, 0.05) is 13.0 Å². The number of allylic oxidation sites excluding steroid dienone is 1. The van der Waals surface area contributed by atoms with Gasteiger partial charge in [0.05, 0.1) is 5.60 Å². The Morgan fingerprint density at radius 2 is 2.15 bits per heavy atom. The molecular formula is C11H21ClO. The van der Waals surface area contributed by atoms with E-state index < -0.39 is 0 Å². The predicted molar refractivity (Wildman–Crippen MR) is 59.3 cm³/mol. The van der Waals surface area contributed by atoms with Crippen LogP contribution in [0.4, 0.5) is 0 Å². The first-order valence-corrected chi connectivity index (χ1v) is 5.31. The molecule has 0 spiro atoms. The SMILES string of the molecule is C=C(CCl)C(C)CC(C)(CC)OC. The second-order valence-electron chi connectivity index (χ2n) is 3.90. The Labute approximate surface area is 87.1 Å². The predicted octanol–water partition coefficient (Wildman–Crippen LogP) is 3.62. The van der Waals surface area contributed by atoms with Crippen LogP contribution in [0.3, 0.4) is 0 Å². The van der Waals surface area contributed by atoms with E-state index in [9.17, 15) is 0 Å².